The van der Waals surface area contributed by atoms with E-state index in [1.165, 1.54) is 10.9 Å². The monoisotopic (exact) mass is 452 g/mol. The highest BCUT2D eigenvalue weighted by molar-refractivity contribution is 7.46. The van der Waals surface area contributed by atoms with Crippen LogP contribution in [0.3, 0.4) is 0 Å². The molecule has 1 aliphatic rings. The van der Waals surface area contributed by atoms with Gasteiger partial charge in [-0.05, 0) is 11.6 Å². The summed E-state index contributed by atoms with van der Waals surface area (Å²) in [7, 11) is -5.04. The lowest BCUT2D eigenvalue weighted by Crippen LogP contribution is -2.39. The molecule has 1 aliphatic heterocycles. The van der Waals surface area contributed by atoms with Crippen molar-refractivity contribution >= 4 is 24.7 Å². The van der Waals surface area contributed by atoms with Crippen molar-refractivity contribution in [1.29, 1.82) is 0 Å². The van der Waals surface area contributed by atoms with Crippen molar-refractivity contribution in [2.24, 2.45) is 0 Å². The van der Waals surface area contributed by atoms with Crippen molar-refractivity contribution in [1.82, 2.24) is 14.5 Å². The van der Waals surface area contributed by atoms with Gasteiger partial charge in [0.2, 0.25) is 0 Å². The molecule has 0 amide bonds. The largest absolute Gasteiger partial charge is 0.472 e. The van der Waals surface area contributed by atoms with E-state index in [0.29, 0.717) is 23.4 Å². The van der Waals surface area contributed by atoms with E-state index in [9.17, 15) is 19.9 Å². The number of hydrogen-bond acceptors (Lipinski definition) is 9. The number of aliphatic hydroxyl groups is 3. The van der Waals surface area contributed by atoms with Crippen LogP contribution in [-0.2, 0) is 20.4 Å². The van der Waals surface area contributed by atoms with Crippen LogP contribution in [-0.4, -0.2) is 64.2 Å². The number of hydrogen-bond donors (Lipinski definition) is 6. The summed E-state index contributed by atoms with van der Waals surface area (Å²) in [5.41, 5.74) is 1.43. The number of anilines is 1. The average molecular weight is 452 g/mol. The standard InChI is InChI=1S/C18H21N4O8P/c23-12-13(24)17(29-14(12)18(25)30-31(26,27)28)22-7-6-11-15(20-9-21-16(11)22)19-8-10-4-2-1-3-5-10/h1-7,9,12-14,17-18,23-25H,8H2,(H,19,20,21)(H2,26,27,28)/t12-,13+,14-,17+,18?/m0/s1. The molecule has 0 radical (unpaired) electrons. The first-order chi connectivity index (χ1) is 14.7. The van der Waals surface area contributed by atoms with Gasteiger partial charge < -0.3 is 39.7 Å². The Morgan fingerprint density at radius 2 is 1.90 bits per heavy atom. The zero-order valence-corrected chi connectivity index (χ0v) is 16.9. The number of benzene rings is 1. The topological polar surface area (TPSA) is 179 Å². The third-order valence-electron chi connectivity index (χ3n) is 4.89. The van der Waals surface area contributed by atoms with Gasteiger partial charge in [0.15, 0.2) is 12.5 Å². The fraction of sp³-hybridized carbons (Fsp3) is 0.333. The maximum Gasteiger partial charge on any atom is 0.472 e. The number of rotatable bonds is 7. The van der Waals surface area contributed by atoms with Gasteiger partial charge in [-0.15, -0.1) is 0 Å². The number of fused-ring (bicyclic) bond motifs is 1. The molecule has 0 saturated carbocycles. The molecule has 13 heteroatoms. The van der Waals surface area contributed by atoms with Crippen LogP contribution < -0.4 is 5.32 Å². The summed E-state index contributed by atoms with van der Waals surface area (Å²) in [6.45, 7) is 0.521. The second-order valence-corrected chi connectivity index (χ2v) is 8.17. The Morgan fingerprint density at radius 3 is 2.61 bits per heavy atom. The number of phosphoric ester groups is 1. The van der Waals surface area contributed by atoms with Crippen molar-refractivity contribution in [2.75, 3.05) is 5.32 Å². The lowest BCUT2D eigenvalue weighted by molar-refractivity contribution is -0.160. The van der Waals surface area contributed by atoms with Gasteiger partial charge in [-0.25, -0.2) is 14.5 Å². The second-order valence-electron chi connectivity index (χ2n) is 6.98. The van der Waals surface area contributed by atoms with Crippen LogP contribution in [0, 0.1) is 0 Å². The van der Waals surface area contributed by atoms with E-state index < -0.39 is 38.7 Å². The quantitative estimate of drug-likeness (QED) is 0.211. The fourth-order valence-electron chi connectivity index (χ4n) is 3.45. The smallest absolute Gasteiger partial charge is 0.387 e. The van der Waals surface area contributed by atoms with Crippen LogP contribution >= 0.6 is 7.82 Å². The molecule has 5 atom stereocenters. The highest BCUT2D eigenvalue weighted by Gasteiger charge is 2.49. The predicted octanol–water partition coefficient (Wildman–Crippen LogP) is 0.0903. The Bertz CT molecular complexity index is 1090. The number of nitrogens with one attached hydrogen (secondary N) is 1. The first-order valence-corrected chi connectivity index (χ1v) is 10.8. The summed E-state index contributed by atoms with van der Waals surface area (Å²) in [6, 6.07) is 11.4. The normalized spacial score (nSPS) is 25.1. The first-order valence-electron chi connectivity index (χ1n) is 9.27. The van der Waals surface area contributed by atoms with Gasteiger partial charge in [-0.3, -0.25) is 4.52 Å². The van der Waals surface area contributed by atoms with E-state index in [-0.39, 0.29) is 0 Å². The summed E-state index contributed by atoms with van der Waals surface area (Å²) < 4.78 is 22.0. The van der Waals surface area contributed by atoms with E-state index >= 15 is 0 Å². The molecule has 166 valence electrons. The predicted molar refractivity (Wildman–Crippen MR) is 106 cm³/mol. The summed E-state index contributed by atoms with van der Waals surface area (Å²) in [4.78, 5) is 26.2. The van der Waals surface area contributed by atoms with Crippen molar-refractivity contribution in [2.45, 2.75) is 37.4 Å². The number of aliphatic hydroxyl groups excluding tert-OH is 3. The number of ether oxygens (including phenoxy) is 1. The van der Waals surface area contributed by atoms with Crippen LogP contribution in [0.4, 0.5) is 5.82 Å². The molecule has 4 rings (SSSR count). The van der Waals surface area contributed by atoms with Crippen LogP contribution in [0.2, 0.25) is 0 Å². The maximum atomic E-state index is 11.0. The SMILES string of the molecule is O=P(O)(O)OC(O)[C@H]1O[C@@H](n2ccc3c(NCc4ccccc4)ncnc32)[C@H](O)[C@@H]1O. The van der Waals surface area contributed by atoms with Crippen LogP contribution in [0.5, 0.6) is 0 Å². The molecule has 0 aliphatic carbocycles. The summed E-state index contributed by atoms with van der Waals surface area (Å²) in [5.74, 6) is 0.544. The number of nitrogens with zero attached hydrogens (tertiary/aromatic N) is 3. The van der Waals surface area contributed by atoms with Gasteiger partial charge in [0, 0.05) is 12.7 Å². The molecule has 12 nitrogen and oxygen atoms in total. The average Bonchev–Trinajstić information content (AvgIpc) is 3.28. The van der Waals surface area contributed by atoms with Crippen molar-refractivity contribution in [3.63, 3.8) is 0 Å². The van der Waals surface area contributed by atoms with E-state index in [0.717, 1.165) is 5.56 Å². The van der Waals surface area contributed by atoms with E-state index in [2.05, 4.69) is 19.8 Å². The Morgan fingerprint density at radius 1 is 1.16 bits per heavy atom. The number of aromatic nitrogens is 3. The minimum Gasteiger partial charge on any atom is -0.387 e. The molecular weight excluding hydrogens is 431 g/mol. The lowest BCUT2D eigenvalue weighted by Gasteiger charge is -2.21. The zero-order chi connectivity index (χ0) is 22.2. The molecule has 0 bridgehead atoms. The Hall–Kier alpha value is -2.41. The van der Waals surface area contributed by atoms with Crippen LogP contribution in [0.25, 0.3) is 11.0 Å². The zero-order valence-electron chi connectivity index (χ0n) is 16.0. The molecule has 1 aromatic carbocycles. The summed E-state index contributed by atoms with van der Waals surface area (Å²) in [6.07, 6.45) is -5.24. The van der Waals surface area contributed by atoms with Gasteiger partial charge in [-0.2, -0.15) is 0 Å². The molecule has 3 heterocycles. The van der Waals surface area contributed by atoms with Crippen molar-refractivity contribution < 1.29 is 38.9 Å². The third-order valence-corrected chi connectivity index (χ3v) is 5.38. The highest BCUT2D eigenvalue weighted by atomic mass is 31.2. The second kappa shape index (κ2) is 8.61. The molecule has 0 spiro atoms. The third kappa shape index (κ3) is 4.61. The molecular formula is C18H21N4O8P. The van der Waals surface area contributed by atoms with Gasteiger partial charge in [-0.1, -0.05) is 30.3 Å². The molecule has 3 aromatic rings. The molecule has 1 saturated heterocycles. The van der Waals surface area contributed by atoms with Gasteiger partial charge in [0.25, 0.3) is 0 Å². The van der Waals surface area contributed by atoms with Crippen LogP contribution in [0.1, 0.15) is 11.8 Å². The summed E-state index contributed by atoms with van der Waals surface area (Å²) in [5, 5.41) is 34.3. The summed E-state index contributed by atoms with van der Waals surface area (Å²) >= 11 is 0. The molecule has 1 unspecified atom stereocenters. The minimum absolute atomic E-state index is 0.382. The Labute approximate surface area is 176 Å². The Kier molecular flexibility index (Phi) is 6.06. The van der Waals surface area contributed by atoms with Gasteiger partial charge in [0.1, 0.15) is 36.1 Å². The maximum absolute atomic E-state index is 11.0. The minimum atomic E-state index is -5.04. The molecule has 6 N–H and O–H groups in total. The fourth-order valence-corrected chi connectivity index (χ4v) is 3.85. The van der Waals surface area contributed by atoms with E-state index in [4.69, 9.17) is 14.5 Å². The molecule has 2 aromatic heterocycles. The first kappa shape index (κ1) is 21.8. The molecule has 31 heavy (non-hydrogen) atoms. The highest BCUT2D eigenvalue weighted by Crippen LogP contribution is 2.41. The number of phosphoric acid groups is 1. The van der Waals surface area contributed by atoms with E-state index in [1.54, 1.807) is 12.3 Å². The van der Waals surface area contributed by atoms with Crippen LogP contribution in [0.15, 0.2) is 48.9 Å². The van der Waals surface area contributed by atoms with Gasteiger partial charge in [0.05, 0.1) is 5.39 Å². The Balaban J connectivity index is 1.56. The van der Waals surface area contributed by atoms with E-state index in [1.807, 2.05) is 30.3 Å². The lowest BCUT2D eigenvalue weighted by atomic mass is 10.1. The molecule has 1 fully saturated rings. The van der Waals surface area contributed by atoms with Crippen molar-refractivity contribution in [3.8, 4) is 0 Å². The van der Waals surface area contributed by atoms with Gasteiger partial charge >= 0.3 is 7.82 Å². The van der Waals surface area contributed by atoms with Crippen molar-refractivity contribution in [3.05, 3.63) is 54.5 Å².